The third kappa shape index (κ3) is 6.04. The number of benzene rings is 2. The van der Waals surface area contributed by atoms with Gasteiger partial charge in [0, 0.05) is 38.8 Å². The predicted octanol–water partition coefficient (Wildman–Crippen LogP) is 1.63. The van der Waals surface area contributed by atoms with E-state index in [1.807, 2.05) is 0 Å². The van der Waals surface area contributed by atoms with Crippen LogP contribution < -0.4 is 4.74 Å². The second kappa shape index (κ2) is 11.8. The van der Waals surface area contributed by atoms with E-state index < -0.39 is 78.5 Å². The van der Waals surface area contributed by atoms with Crippen molar-refractivity contribution in [2.45, 2.75) is 58.4 Å². The lowest BCUT2D eigenvalue weighted by atomic mass is 9.83. The molecule has 1 aliphatic carbocycles. The van der Waals surface area contributed by atoms with Gasteiger partial charge in [0.1, 0.15) is 24.2 Å². The zero-order chi connectivity index (χ0) is 30.0. The standard InChI is InChI=1S/C28H26O13/c1-12(29)36-11-20-25(37-13(2)30)26(38-14(3)31)27(39-15(4)32)28(41-20)40-19-10-6-8-17-22(19)24(35)21-16(23(17)34)7-5-9-18(21)33/h5-10,20,25-28,33H,11H2,1-4H3/t20-,25-,26+,27-,28-/m1/s1. The molecule has 1 N–H and O–H groups in total. The molecule has 1 aliphatic heterocycles. The van der Waals surface area contributed by atoms with E-state index in [0.717, 1.165) is 27.7 Å². The summed E-state index contributed by atoms with van der Waals surface area (Å²) in [6.07, 6.45) is -7.38. The van der Waals surface area contributed by atoms with Crippen LogP contribution in [0.15, 0.2) is 36.4 Å². The van der Waals surface area contributed by atoms with Gasteiger partial charge in [-0.05, 0) is 12.1 Å². The van der Waals surface area contributed by atoms with Crippen LogP contribution in [0, 0.1) is 0 Å². The second-order valence-corrected chi connectivity index (χ2v) is 9.22. The molecule has 0 spiro atoms. The number of carbonyl (C=O) groups excluding carboxylic acids is 6. The molecular weight excluding hydrogens is 544 g/mol. The summed E-state index contributed by atoms with van der Waals surface area (Å²) >= 11 is 0. The molecule has 2 aromatic carbocycles. The third-order valence-electron chi connectivity index (χ3n) is 6.20. The molecule has 1 heterocycles. The number of phenols is 1. The molecule has 0 saturated carbocycles. The van der Waals surface area contributed by atoms with Crippen molar-refractivity contribution in [3.63, 3.8) is 0 Å². The molecule has 1 fully saturated rings. The number of ether oxygens (including phenoxy) is 6. The lowest BCUT2D eigenvalue weighted by Gasteiger charge is -2.44. The van der Waals surface area contributed by atoms with E-state index in [4.69, 9.17) is 28.4 Å². The summed E-state index contributed by atoms with van der Waals surface area (Å²) in [4.78, 5) is 74.4. The van der Waals surface area contributed by atoms with Crippen LogP contribution in [0.2, 0.25) is 0 Å². The van der Waals surface area contributed by atoms with Gasteiger partial charge in [-0.1, -0.05) is 24.3 Å². The van der Waals surface area contributed by atoms with Crippen LogP contribution in [0.25, 0.3) is 0 Å². The zero-order valence-electron chi connectivity index (χ0n) is 22.4. The van der Waals surface area contributed by atoms with Crippen LogP contribution in [0.4, 0.5) is 0 Å². The quantitative estimate of drug-likeness (QED) is 0.320. The van der Waals surface area contributed by atoms with Crippen LogP contribution >= 0.6 is 0 Å². The highest BCUT2D eigenvalue weighted by atomic mass is 16.7. The van der Waals surface area contributed by atoms with Gasteiger partial charge in [-0.2, -0.15) is 0 Å². The van der Waals surface area contributed by atoms with Crippen molar-refractivity contribution in [2.24, 2.45) is 0 Å². The smallest absolute Gasteiger partial charge is 0.303 e. The van der Waals surface area contributed by atoms with Gasteiger partial charge in [-0.15, -0.1) is 0 Å². The van der Waals surface area contributed by atoms with Crippen LogP contribution in [0.1, 0.15) is 59.5 Å². The molecule has 216 valence electrons. The fourth-order valence-electron chi connectivity index (χ4n) is 4.70. The van der Waals surface area contributed by atoms with Crippen LogP contribution in [-0.4, -0.2) is 77.9 Å². The Kier molecular flexibility index (Phi) is 8.38. The normalized spacial score (nSPS) is 23.0. The maximum atomic E-state index is 13.5. The summed E-state index contributed by atoms with van der Waals surface area (Å²) in [6, 6.07) is 8.30. The first-order valence-corrected chi connectivity index (χ1v) is 12.4. The Balaban J connectivity index is 1.79. The maximum Gasteiger partial charge on any atom is 0.303 e. The van der Waals surface area contributed by atoms with Crippen LogP contribution in [0.3, 0.4) is 0 Å². The van der Waals surface area contributed by atoms with Gasteiger partial charge in [0.05, 0.1) is 11.1 Å². The van der Waals surface area contributed by atoms with E-state index >= 15 is 0 Å². The molecule has 2 aromatic rings. The van der Waals surface area contributed by atoms with Gasteiger partial charge in [-0.25, -0.2) is 0 Å². The van der Waals surface area contributed by atoms with Crippen LogP contribution in [-0.2, 0) is 42.9 Å². The molecule has 2 aliphatic rings. The molecule has 1 saturated heterocycles. The highest BCUT2D eigenvalue weighted by molar-refractivity contribution is 6.30. The van der Waals surface area contributed by atoms with Crippen molar-refractivity contribution in [3.8, 4) is 11.5 Å². The van der Waals surface area contributed by atoms with Crippen molar-refractivity contribution in [2.75, 3.05) is 6.61 Å². The van der Waals surface area contributed by atoms with E-state index in [-0.39, 0.29) is 28.0 Å². The number of rotatable bonds is 7. The monoisotopic (exact) mass is 570 g/mol. The van der Waals surface area contributed by atoms with Crippen LogP contribution in [0.5, 0.6) is 11.5 Å². The zero-order valence-corrected chi connectivity index (χ0v) is 22.4. The minimum absolute atomic E-state index is 0.00643. The Bertz CT molecular complexity index is 1430. The first-order chi connectivity index (χ1) is 19.4. The summed E-state index contributed by atoms with van der Waals surface area (Å²) in [7, 11) is 0. The summed E-state index contributed by atoms with van der Waals surface area (Å²) < 4.78 is 33.1. The first kappa shape index (κ1) is 29.2. The fraction of sp³-hybridized carbons (Fsp3) is 0.357. The molecule has 4 rings (SSSR count). The number of aromatic hydroxyl groups is 1. The molecule has 0 radical (unpaired) electrons. The predicted molar refractivity (Wildman–Crippen MR) is 134 cm³/mol. The summed E-state index contributed by atoms with van der Waals surface area (Å²) in [5, 5.41) is 10.4. The molecule has 0 amide bonds. The first-order valence-electron chi connectivity index (χ1n) is 12.4. The Labute approximate surface area is 233 Å². The molecule has 0 aromatic heterocycles. The average Bonchev–Trinajstić information content (AvgIpc) is 2.88. The Morgan fingerprint density at radius 1 is 0.732 bits per heavy atom. The Morgan fingerprint density at radius 3 is 1.90 bits per heavy atom. The summed E-state index contributed by atoms with van der Waals surface area (Å²) in [5.74, 6) is -5.02. The number of phenolic OH excluding ortho intramolecular Hbond substituents is 1. The molecule has 0 unspecified atom stereocenters. The Hall–Kier alpha value is -4.78. The molecule has 0 bridgehead atoms. The SMILES string of the molecule is CC(=O)OC[C@H]1O[C@@H](Oc2cccc3c2C(=O)c2c(O)cccc2C3=O)[C@H](OC(C)=O)[C@@H](OC(C)=O)[C@@H]1OC(C)=O. The number of carbonyl (C=O) groups is 6. The minimum atomic E-state index is -1.63. The van der Waals surface area contributed by atoms with E-state index in [0.29, 0.717) is 0 Å². The lowest BCUT2D eigenvalue weighted by Crippen LogP contribution is -2.63. The Morgan fingerprint density at radius 2 is 1.29 bits per heavy atom. The van der Waals surface area contributed by atoms with Gasteiger partial charge < -0.3 is 33.5 Å². The average molecular weight is 571 g/mol. The molecule has 13 nitrogen and oxygen atoms in total. The largest absolute Gasteiger partial charge is 0.507 e. The maximum absolute atomic E-state index is 13.5. The van der Waals surface area contributed by atoms with Crippen molar-refractivity contribution in [1.29, 1.82) is 0 Å². The van der Waals surface area contributed by atoms with Crippen molar-refractivity contribution in [3.05, 3.63) is 58.7 Å². The van der Waals surface area contributed by atoms with E-state index in [9.17, 15) is 33.9 Å². The second-order valence-electron chi connectivity index (χ2n) is 9.22. The van der Waals surface area contributed by atoms with E-state index in [1.165, 1.54) is 36.4 Å². The highest BCUT2D eigenvalue weighted by Gasteiger charge is 2.53. The third-order valence-corrected chi connectivity index (χ3v) is 6.20. The van der Waals surface area contributed by atoms with Gasteiger partial charge in [0.15, 0.2) is 18.0 Å². The fourth-order valence-corrected chi connectivity index (χ4v) is 4.70. The number of esters is 4. The number of ketones is 2. The summed E-state index contributed by atoms with van der Waals surface area (Å²) in [6.45, 7) is 3.88. The molecule has 5 atom stereocenters. The van der Waals surface area contributed by atoms with Gasteiger partial charge in [0.2, 0.25) is 18.2 Å². The van der Waals surface area contributed by atoms with Crippen molar-refractivity contribution < 1.29 is 62.3 Å². The van der Waals surface area contributed by atoms with Gasteiger partial charge in [-0.3, -0.25) is 28.8 Å². The molecular formula is C28H26O13. The minimum Gasteiger partial charge on any atom is -0.507 e. The topological polar surface area (TPSA) is 178 Å². The lowest BCUT2D eigenvalue weighted by molar-refractivity contribution is -0.288. The highest BCUT2D eigenvalue weighted by Crippen LogP contribution is 2.38. The molecule has 13 heteroatoms. The molecule has 41 heavy (non-hydrogen) atoms. The van der Waals surface area contributed by atoms with E-state index in [2.05, 4.69) is 0 Å². The van der Waals surface area contributed by atoms with E-state index in [1.54, 1.807) is 0 Å². The number of hydrogen-bond acceptors (Lipinski definition) is 13. The van der Waals surface area contributed by atoms with Gasteiger partial charge >= 0.3 is 23.9 Å². The van der Waals surface area contributed by atoms with Gasteiger partial charge in [0.25, 0.3) is 0 Å². The van der Waals surface area contributed by atoms with Crippen molar-refractivity contribution in [1.82, 2.24) is 0 Å². The number of fused-ring (bicyclic) bond motifs is 2. The number of hydrogen-bond donors (Lipinski definition) is 1. The van der Waals surface area contributed by atoms with Crippen molar-refractivity contribution >= 4 is 35.4 Å². The summed E-state index contributed by atoms with van der Waals surface area (Å²) in [5.41, 5.74) is -0.426.